The second-order valence-corrected chi connectivity index (χ2v) is 4.88. The zero-order valence-electron chi connectivity index (χ0n) is 10.3. The first-order valence-corrected chi connectivity index (χ1v) is 7.00. The summed E-state index contributed by atoms with van der Waals surface area (Å²) >= 11 is 1.70. The van der Waals surface area contributed by atoms with Crippen LogP contribution in [-0.2, 0) is 10.5 Å². The lowest BCUT2D eigenvalue weighted by Gasteiger charge is -2.14. The molecule has 0 saturated carbocycles. The number of carbonyl (C=O) groups is 3. The molecule has 1 heterocycles. The topological polar surface area (TPSA) is 78.5 Å². The normalized spacial score (nSPS) is 14.5. The number of rotatable bonds is 4. The second kappa shape index (κ2) is 5.75. The van der Waals surface area contributed by atoms with Crippen LogP contribution < -0.4 is 10.7 Å². The Morgan fingerprint density at radius 2 is 2.05 bits per heavy atom. The van der Waals surface area contributed by atoms with Crippen molar-refractivity contribution >= 4 is 29.6 Å². The number of urea groups is 1. The average molecular weight is 279 g/mol. The zero-order valence-corrected chi connectivity index (χ0v) is 11.1. The fourth-order valence-electron chi connectivity index (χ4n) is 1.64. The molecule has 1 fully saturated rings. The van der Waals surface area contributed by atoms with Crippen molar-refractivity contribution in [2.24, 2.45) is 0 Å². The molecule has 19 heavy (non-hydrogen) atoms. The second-order valence-electron chi connectivity index (χ2n) is 4.01. The standard InChI is InChI=1S/C12H13N3O3S/c1-19-7-8-2-4-9(5-3-8)11(17)14-15-6-10(16)13-12(15)18/h2-5H,6-7H2,1H3,(H,14,17)(H,13,16,18). The van der Waals surface area contributed by atoms with Crippen LogP contribution in [-0.4, -0.2) is 35.7 Å². The molecule has 1 aliphatic heterocycles. The van der Waals surface area contributed by atoms with E-state index in [0.717, 1.165) is 16.3 Å². The molecule has 0 spiro atoms. The van der Waals surface area contributed by atoms with Crippen molar-refractivity contribution in [3.63, 3.8) is 0 Å². The van der Waals surface area contributed by atoms with E-state index in [4.69, 9.17) is 0 Å². The van der Waals surface area contributed by atoms with Gasteiger partial charge in [0.2, 0.25) is 5.91 Å². The van der Waals surface area contributed by atoms with Gasteiger partial charge in [0.05, 0.1) is 0 Å². The Morgan fingerprint density at radius 1 is 1.37 bits per heavy atom. The number of amides is 4. The number of hydrogen-bond acceptors (Lipinski definition) is 4. The monoisotopic (exact) mass is 279 g/mol. The third-order valence-corrected chi connectivity index (χ3v) is 3.18. The van der Waals surface area contributed by atoms with Crippen LogP contribution in [0.3, 0.4) is 0 Å². The van der Waals surface area contributed by atoms with Gasteiger partial charge in [-0.1, -0.05) is 12.1 Å². The number of thioether (sulfide) groups is 1. The molecular weight excluding hydrogens is 266 g/mol. The minimum absolute atomic E-state index is 0.158. The first-order valence-electron chi connectivity index (χ1n) is 5.60. The smallest absolute Gasteiger partial charge is 0.275 e. The van der Waals surface area contributed by atoms with E-state index >= 15 is 0 Å². The van der Waals surface area contributed by atoms with Gasteiger partial charge in [0.1, 0.15) is 6.54 Å². The van der Waals surface area contributed by atoms with Gasteiger partial charge in [-0.15, -0.1) is 0 Å². The number of nitrogens with zero attached hydrogens (tertiary/aromatic N) is 1. The minimum atomic E-state index is -0.614. The van der Waals surface area contributed by atoms with E-state index < -0.39 is 17.8 Å². The Hall–Kier alpha value is -2.02. The van der Waals surface area contributed by atoms with Crippen LogP contribution in [0.25, 0.3) is 0 Å². The third-order valence-electron chi connectivity index (χ3n) is 2.56. The highest BCUT2D eigenvalue weighted by molar-refractivity contribution is 7.97. The Bertz CT molecular complexity index is 515. The number of benzene rings is 1. The summed E-state index contributed by atoms with van der Waals surface area (Å²) in [4.78, 5) is 34.1. The Kier molecular flexibility index (Phi) is 4.06. The van der Waals surface area contributed by atoms with Crippen LogP contribution in [0.2, 0.25) is 0 Å². The van der Waals surface area contributed by atoms with Crippen LogP contribution in [0, 0.1) is 0 Å². The summed E-state index contributed by atoms with van der Waals surface area (Å²) in [5, 5.41) is 3.04. The first-order chi connectivity index (χ1) is 9.10. The van der Waals surface area contributed by atoms with Gasteiger partial charge in [0, 0.05) is 11.3 Å². The van der Waals surface area contributed by atoms with Gasteiger partial charge < -0.3 is 0 Å². The van der Waals surface area contributed by atoms with Crippen LogP contribution in [0.15, 0.2) is 24.3 Å². The summed E-state index contributed by atoms with van der Waals surface area (Å²) in [5.74, 6) is 0.0338. The van der Waals surface area contributed by atoms with Crippen LogP contribution >= 0.6 is 11.8 Å². The predicted molar refractivity (Wildman–Crippen MR) is 71.4 cm³/mol. The highest BCUT2D eigenvalue weighted by Crippen LogP contribution is 2.10. The fourth-order valence-corrected chi connectivity index (χ4v) is 2.16. The van der Waals surface area contributed by atoms with Crippen molar-refractivity contribution in [1.82, 2.24) is 15.8 Å². The minimum Gasteiger partial charge on any atom is -0.275 e. The molecule has 1 aliphatic rings. The quantitative estimate of drug-likeness (QED) is 0.797. The molecule has 1 aromatic rings. The molecule has 0 unspecified atom stereocenters. The van der Waals surface area contributed by atoms with E-state index in [-0.39, 0.29) is 6.54 Å². The molecule has 1 aromatic carbocycles. The molecule has 1 saturated heterocycles. The van der Waals surface area contributed by atoms with E-state index in [2.05, 4.69) is 10.7 Å². The molecule has 2 rings (SSSR count). The first kappa shape index (κ1) is 13.4. The lowest BCUT2D eigenvalue weighted by atomic mass is 10.1. The zero-order chi connectivity index (χ0) is 13.8. The summed E-state index contributed by atoms with van der Waals surface area (Å²) in [7, 11) is 0. The molecule has 6 nitrogen and oxygen atoms in total. The molecule has 7 heteroatoms. The van der Waals surface area contributed by atoms with E-state index in [1.165, 1.54) is 0 Å². The highest BCUT2D eigenvalue weighted by Gasteiger charge is 2.28. The van der Waals surface area contributed by atoms with Crippen molar-refractivity contribution in [3.05, 3.63) is 35.4 Å². The molecule has 2 N–H and O–H groups in total. The summed E-state index contributed by atoms with van der Waals surface area (Å²) in [6.45, 7) is -0.158. The predicted octanol–water partition coefficient (Wildman–Crippen LogP) is 0.746. The van der Waals surface area contributed by atoms with Gasteiger partial charge in [-0.3, -0.25) is 20.3 Å². The molecule has 0 bridgehead atoms. The molecule has 0 atom stereocenters. The van der Waals surface area contributed by atoms with Crippen LogP contribution in [0.1, 0.15) is 15.9 Å². The fraction of sp³-hybridized carbons (Fsp3) is 0.250. The van der Waals surface area contributed by atoms with Gasteiger partial charge in [-0.25, -0.2) is 9.80 Å². The van der Waals surface area contributed by atoms with Gasteiger partial charge in [-0.2, -0.15) is 11.8 Å². The SMILES string of the molecule is CSCc1ccc(C(=O)NN2CC(=O)NC2=O)cc1. The number of carbonyl (C=O) groups excluding carboxylic acids is 3. The number of imide groups is 1. The van der Waals surface area contributed by atoms with Crippen LogP contribution in [0.5, 0.6) is 0 Å². The largest absolute Gasteiger partial charge is 0.343 e. The molecule has 0 aromatic heterocycles. The Morgan fingerprint density at radius 3 is 2.58 bits per heavy atom. The third kappa shape index (κ3) is 3.25. The maximum Gasteiger partial charge on any atom is 0.343 e. The molecular formula is C12H13N3O3S. The molecule has 100 valence electrons. The van der Waals surface area contributed by atoms with Gasteiger partial charge in [0.25, 0.3) is 5.91 Å². The van der Waals surface area contributed by atoms with Crippen molar-refractivity contribution in [3.8, 4) is 0 Å². The van der Waals surface area contributed by atoms with E-state index in [9.17, 15) is 14.4 Å². The van der Waals surface area contributed by atoms with E-state index in [1.807, 2.05) is 18.4 Å². The van der Waals surface area contributed by atoms with Crippen molar-refractivity contribution in [1.29, 1.82) is 0 Å². The number of nitrogens with one attached hydrogen (secondary N) is 2. The Balaban J connectivity index is 2.00. The lowest BCUT2D eigenvalue weighted by Crippen LogP contribution is -2.44. The van der Waals surface area contributed by atoms with Crippen molar-refractivity contribution < 1.29 is 14.4 Å². The van der Waals surface area contributed by atoms with Gasteiger partial charge in [-0.05, 0) is 24.0 Å². The lowest BCUT2D eigenvalue weighted by molar-refractivity contribution is -0.118. The van der Waals surface area contributed by atoms with Crippen LogP contribution in [0.4, 0.5) is 4.79 Å². The number of hydrogen-bond donors (Lipinski definition) is 2. The average Bonchev–Trinajstić information content (AvgIpc) is 2.69. The highest BCUT2D eigenvalue weighted by atomic mass is 32.2. The summed E-state index contributed by atoms with van der Waals surface area (Å²) in [5.41, 5.74) is 3.95. The van der Waals surface area contributed by atoms with Gasteiger partial charge >= 0.3 is 6.03 Å². The summed E-state index contributed by atoms with van der Waals surface area (Å²) < 4.78 is 0. The van der Waals surface area contributed by atoms with E-state index in [1.54, 1.807) is 23.9 Å². The van der Waals surface area contributed by atoms with Crippen molar-refractivity contribution in [2.45, 2.75) is 5.75 Å². The summed E-state index contributed by atoms with van der Waals surface area (Å²) in [6.07, 6.45) is 2.00. The molecule has 0 radical (unpaired) electrons. The Labute approximate surface area is 114 Å². The van der Waals surface area contributed by atoms with Gasteiger partial charge in [0.15, 0.2) is 0 Å². The van der Waals surface area contributed by atoms with Crippen molar-refractivity contribution in [2.75, 3.05) is 12.8 Å². The molecule has 0 aliphatic carbocycles. The molecule has 4 amide bonds. The van der Waals surface area contributed by atoms with E-state index in [0.29, 0.717) is 5.56 Å². The summed E-state index contributed by atoms with van der Waals surface area (Å²) in [6, 6.07) is 6.49. The maximum absolute atomic E-state index is 11.9. The maximum atomic E-state index is 11.9. The number of hydrazine groups is 1.